The highest BCUT2D eigenvalue weighted by atomic mass is 19.1. The molecule has 0 saturated heterocycles. The van der Waals surface area contributed by atoms with Crippen molar-refractivity contribution in [3.63, 3.8) is 0 Å². The maximum Gasteiger partial charge on any atom is 0.124 e. The van der Waals surface area contributed by atoms with Gasteiger partial charge in [0.05, 0.1) is 0 Å². The summed E-state index contributed by atoms with van der Waals surface area (Å²) in [5.74, 6) is 5.09. The number of hydrogen-bond donors (Lipinski definition) is 1. The molecule has 0 radical (unpaired) electrons. The lowest BCUT2D eigenvalue weighted by Crippen LogP contribution is -2.24. The molecule has 1 aromatic carbocycles. The van der Waals surface area contributed by atoms with Gasteiger partial charge in [-0.25, -0.2) is 4.39 Å². The summed E-state index contributed by atoms with van der Waals surface area (Å²) in [6, 6.07) is 4.66. The van der Waals surface area contributed by atoms with Crippen LogP contribution in [0.5, 0.6) is 0 Å². The van der Waals surface area contributed by atoms with Crippen LogP contribution in [0.4, 0.5) is 4.39 Å². The Bertz CT molecular complexity index is 434. The lowest BCUT2D eigenvalue weighted by Gasteiger charge is -2.20. The van der Waals surface area contributed by atoms with Gasteiger partial charge in [-0.1, -0.05) is 31.8 Å². The van der Waals surface area contributed by atoms with E-state index in [2.05, 4.69) is 30.6 Å². The molecule has 1 rings (SSSR count). The van der Waals surface area contributed by atoms with Crippen LogP contribution >= 0.6 is 0 Å². The van der Waals surface area contributed by atoms with Gasteiger partial charge in [0, 0.05) is 12.1 Å². The third kappa shape index (κ3) is 4.48. The fourth-order valence-electron chi connectivity index (χ4n) is 1.84. The predicted molar refractivity (Wildman–Crippen MR) is 71.6 cm³/mol. The molecule has 0 heterocycles. The third-order valence-corrected chi connectivity index (χ3v) is 2.76. The second-order valence-corrected chi connectivity index (χ2v) is 4.13. The highest BCUT2D eigenvalue weighted by Gasteiger charge is 2.07. The fraction of sp³-hybridized carbons (Fsp3) is 0.467. The van der Waals surface area contributed by atoms with Gasteiger partial charge < -0.3 is 5.11 Å². The van der Waals surface area contributed by atoms with Gasteiger partial charge in [-0.15, -0.1) is 0 Å². The molecule has 0 aliphatic carbocycles. The molecular weight excluding hydrogens is 229 g/mol. The summed E-state index contributed by atoms with van der Waals surface area (Å²) in [6.07, 6.45) is 1.09. The Morgan fingerprint density at radius 1 is 1.33 bits per heavy atom. The van der Waals surface area contributed by atoms with Gasteiger partial charge in [-0.3, -0.25) is 4.90 Å². The average molecular weight is 249 g/mol. The lowest BCUT2D eigenvalue weighted by atomic mass is 10.1. The minimum atomic E-state index is -0.292. The first-order valence-corrected chi connectivity index (χ1v) is 6.31. The molecule has 0 saturated carbocycles. The zero-order valence-electron chi connectivity index (χ0n) is 11.0. The van der Waals surface area contributed by atoms with Crippen molar-refractivity contribution in [3.8, 4) is 11.8 Å². The van der Waals surface area contributed by atoms with Crippen molar-refractivity contribution in [2.24, 2.45) is 0 Å². The molecule has 18 heavy (non-hydrogen) atoms. The maximum absolute atomic E-state index is 13.2. The Hall–Kier alpha value is -1.37. The summed E-state index contributed by atoms with van der Waals surface area (Å²) >= 11 is 0. The van der Waals surface area contributed by atoms with Gasteiger partial charge in [0.15, 0.2) is 0 Å². The van der Waals surface area contributed by atoms with Gasteiger partial charge >= 0.3 is 0 Å². The zero-order valence-corrected chi connectivity index (χ0v) is 11.0. The van der Waals surface area contributed by atoms with Crippen molar-refractivity contribution in [2.75, 3.05) is 19.7 Å². The Labute approximate surface area is 108 Å². The second kappa shape index (κ2) is 7.86. The molecule has 98 valence electrons. The predicted octanol–water partition coefficient (Wildman–Crippen LogP) is 2.40. The zero-order chi connectivity index (χ0) is 13.4. The van der Waals surface area contributed by atoms with Crippen LogP contribution < -0.4 is 0 Å². The third-order valence-electron chi connectivity index (χ3n) is 2.76. The minimum absolute atomic E-state index is 0.206. The summed E-state index contributed by atoms with van der Waals surface area (Å²) in [4.78, 5) is 2.29. The Morgan fingerprint density at radius 3 is 2.72 bits per heavy atom. The molecule has 0 aliphatic rings. The van der Waals surface area contributed by atoms with Crippen LogP contribution in [0, 0.1) is 17.7 Å². The monoisotopic (exact) mass is 249 g/mol. The average Bonchev–Trinajstić information content (AvgIpc) is 2.38. The number of rotatable bonds is 5. The first-order chi connectivity index (χ1) is 8.71. The molecule has 0 aliphatic heterocycles. The molecule has 2 nitrogen and oxygen atoms in total. The minimum Gasteiger partial charge on any atom is -0.384 e. The SMILES string of the molecule is CCCN(CC)Cc1ccc(F)cc1C#CCO. The van der Waals surface area contributed by atoms with E-state index >= 15 is 0 Å². The van der Waals surface area contributed by atoms with E-state index in [1.54, 1.807) is 6.07 Å². The van der Waals surface area contributed by atoms with Crippen molar-refractivity contribution in [1.29, 1.82) is 0 Å². The van der Waals surface area contributed by atoms with Crippen LogP contribution in [0.3, 0.4) is 0 Å². The lowest BCUT2D eigenvalue weighted by molar-refractivity contribution is 0.280. The number of benzene rings is 1. The van der Waals surface area contributed by atoms with E-state index in [1.165, 1.54) is 12.1 Å². The van der Waals surface area contributed by atoms with E-state index in [9.17, 15) is 4.39 Å². The van der Waals surface area contributed by atoms with Gasteiger partial charge in [0.25, 0.3) is 0 Å². The molecule has 1 N–H and O–H groups in total. The maximum atomic E-state index is 13.2. The Kier molecular flexibility index (Phi) is 6.42. The normalized spacial score (nSPS) is 10.3. The summed E-state index contributed by atoms with van der Waals surface area (Å²) in [6.45, 7) is 6.78. The fourth-order valence-corrected chi connectivity index (χ4v) is 1.84. The second-order valence-electron chi connectivity index (χ2n) is 4.13. The number of hydrogen-bond acceptors (Lipinski definition) is 2. The summed E-state index contributed by atoms with van der Waals surface area (Å²) in [7, 11) is 0. The van der Waals surface area contributed by atoms with Gasteiger partial charge in [0.1, 0.15) is 12.4 Å². The van der Waals surface area contributed by atoms with Crippen LogP contribution in [0.15, 0.2) is 18.2 Å². The van der Waals surface area contributed by atoms with Gasteiger partial charge in [0.2, 0.25) is 0 Å². The molecule has 0 fully saturated rings. The molecule has 0 amide bonds. The molecule has 0 atom stereocenters. The first kappa shape index (κ1) is 14.7. The van der Waals surface area contributed by atoms with Gasteiger partial charge in [-0.2, -0.15) is 0 Å². The first-order valence-electron chi connectivity index (χ1n) is 6.31. The van der Waals surface area contributed by atoms with Crippen LogP contribution in [0.2, 0.25) is 0 Å². The summed E-state index contributed by atoms with van der Waals surface area (Å²) in [5, 5.41) is 8.72. The summed E-state index contributed by atoms with van der Waals surface area (Å²) < 4.78 is 13.2. The number of halogens is 1. The summed E-state index contributed by atoms with van der Waals surface area (Å²) in [5.41, 5.74) is 1.67. The molecule has 0 aromatic heterocycles. The molecule has 3 heteroatoms. The van der Waals surface area contributed by atoms with Crippen molar-refractivity contribution < 1.29 is 9.50 Å². The molecule has 1 aromatic rings. The number of aliphatic hydroxyl groups is 1. The number of aliphatic hydroxyl groups excluding tert-OH is 1. The smallest absolute Gasteiger partial charge is 0.124 e. The standard InChI is InChI=1S/C15H20FNO/c1-3-9-17(4-2)12-14-7-8-15(16)11-13(14)6-5-10-18/h7-8,11,18H,3-4,9-10,12H2,1-2H3. The van der Waals surface area contributed by atoms with Crippen molar-refractivity contribution >= 4 is 0 Å². The van der Waals surface area contributed by atoms with Gasteiger partial charge in [-0.05, 0) is 37.2 Å². The van der Waals surface area contributed by atoms with Crippen molar-refractivity contribution in [1.82, 2.24) is 4.90 Å². The van der Waals surface area contributed by atoms with Crippen LogP contribution in [-0.4, -0.2) is 29.7 Å². The van der Waals surface area contributed by atoms with E-state index in [4.69, 9.17) is 5.11 Å². The van der Waals surface area contributed by atoms with E-state index in [0.717, 1.165) is 31.6 Å². The molecule has 0 bridgehead atoms. The van der Waals surface area contributed by atoms with Crippen LogP contribution in [0.25, 0.3) is 0 Å². The van der Waals surface area contributed by atoms with Crippen molar-refractivity contribution in [3.05, 3.63) is 35.1 Å². The number of nitrogens with zero attached hydrogens (tertiary/aromatic N) is 1. The Morgan fingerprint density at radius 2 is 2.11 bits per heavy atom. The topological polar surface area (TPSA) is 23.5 Å². The highest BCUT2D eigenvalue weighted by molar-refractivity contribution is 5.41. The molecule has 0 spiro atoms. The highest BCUT2D eigenvalue weighted by Crippen LogP contribution is 2.13. The van der Waals surface area contributed by atoms with E-state index in [0.29, 0.717) is 5.56 Å². The van der Waals surface area contributed by atoms with E-state index in [1.807, 2.05) is 0 Å². The van der Waals surface area contributed by atoms with Crippen molar-refractivity contribution in [2.45, 2.75) is 26.8 Å². The Balaban J connectivity index is 2.92. The molecular formula is C15H20FNO. The van der Waals surface area contributed by atoms with E-state index < -0.39 is 0 Å². The van der Waals surface area contributed by atoms with E-state index in [-0.39, 0.29) is 12.4 Å². The van der Waals surface area contributed by atoms with Crippen LogP contribution in [0.1, 0.15) is 31.4 Å². The van der Waals surface area contributed by atoms with Crippen LogP contribution in [-0.2, 0) is 6.54 Å². The quantitative estimate of drug-likeness (QED) is 0.810. The largest absolute Gasteiger partial charge is 0.384 e. The molecule has 0 unspecified atom stereocenters.